The van der Waals surface area contributed by atoms with Crippen LogP contribution in [0.3, 0.4) is 0 Å². The van der Waals surface area contributed by atoms with E-state index >= 15 is 0 Å². The Kier molecular flexibility index (Phi) is 5.98. The Bertz CT molecular complexity index is 1230. The fraction of sp³-hybridized carbons (Fsp3) is 0.250. The van der Waals surface area contributed by atoms with Crippen molar-refractivity contribution in [2.45, 2.75) is 38.1 Å². The number of halogens is 1. The van der Waals surface area contributed by atoms with E-state index in [-0.39, 0.29) is 17.7 Å². The van der Waals surface area contributed by atoms with Crippen molar-refractivity contribution in [3.05, 3.63) is 99.2 Å². The van der Waals surface area contributed by atoms with E-state index in [1.54, 1.807) is 7.11 Å². The Balaban J connectivity index is 1.61. The zero-order chi connectivity index (χ0) is 22.9. The summed E-state index contributed by atoms with van der Waals surface area (Å²) in [5.74, 6) is 1.08. The van der Waals surface area contributed by atoms with Crippen LogP contribution in [0.4, 0.5) is 11.4 Å². The molecular weight excluding hydrogens is 476 g/mol. The fourth-order valence-corrected chi connectivity index (χ4v) is 5.30. The molecule has 0 spiro atoms. The Hall–Kier alpha value is -3.05. The molecule has 1 aliphatic carbocycles. The van der Waals surface area contributed by atoms with E-state index in [2.05, 4.69) is 63.8 Å². The maximum atomic E-state index is 13.7. The zero-order valence-electron chi connectivity index (χ0n) is 18.8. The maximum Gasteiger partial charge on any atom is 0.163 e. The molecule has 3 aromatic rings. The van der Waals surface area contributed by atoms with Crippen LogP contribution in [0.5, 0.6) is 5.75 Å². The molecule has 0 saturated carbocycles. The average Bonchev–Trinajstić information content (AvgIpc) is 3.01. The number of carbonyl (C=O) groups is 1. The van der Waals surface area contributed by atoms with Gasteiger partial charge in [-0.1, -0.05) is 59.3 Å². The lowest BCUT2D eigenvalue weighted by atomic mass is 9.78. The lowest BCUT2D eigenvalue weighted by molar-refractivity contribution is -0.116. The van der Waals surface area contributed by atoms with Gasteiger partial charge in [0, 0.05) is 27.7 Å². The molecule has 168 valence electrons. The summed E-state index contributed by atoms with van der Waals surface area (Å²) in [5.41, 5.74) is 7.21. The first-order valence-corrected chi connectivity index (χ1v) is 12.2. The van der Waals surface area contributed by atoms with E-state index in [0.29, 0.717) is 6.42 Å². The highest BCUT2D eigenvalue weighted by Crippen LogP contribution is 2.46. The molecule has 0 aromatic heterocycles. The Morgan fingerprint density at radius 3 is 2.48 bits per heavy atom. The molecule has 5 heteroatoms. The molecule has 3 aromatic carbocycles. The molecule has 4 nitrogen and oxygen atoms in total. The van der Waals surface area contributed by atoms with E-state index < -0.39 is 0 Å². The standard InChI is InChI=1S/C28H27BrN2O2/c1-3-17-8-10-18(11-9-17)19-14-24-27(25(32)15-19)28(21-16-20(29)12-13-26(21)33-2)31-23-7-5-4-6-22(23)30-24/h4-13,16,19,28,30-31H,3,14-15H2,1-2H3. The number of ketones is 1. The van der Waals surface area contributed by atoms with Crippen molar-refractivity contribution in [2.75, 3.05) is 17.7 Å². The monoisotopic (exact) mass is 502 g/mol. The summed E-state index contributed by atoms with van der Waals surface area (Å²) in [6.45, 7) is 2.16. The second-order valence-corrected chi connectivity index (χ2v) is 9.57. The zero-order valence-corrected chi connectivity index (χ0v) is 20.4. The second kappa shape index (κ2) is 9.06. The summed E-state index contributed by atoms with van der Waals surface area (Å²) >= 11 is 3.60. The van der Waals surface area contributed by atoms with Crippen molar-refractivity contribution in [3.63, 3.8) is 0 Å². The number of aryl methyl sites for hydroxylation is 1. The van der Waals surface area contributed by atoms with E-state index in [1.807, 2.05) is 36.4 Å². The van der Waals surface area contributed by atoms with Crippen LogP contribution in [0.25, 0.3) is 0 Å². The summed E-state index contributed by atoms with van der Waals surface area (Å²) in [4.78, 5) is 13.7. The fourth-order valence-electron chi connectivity index (χ4n) is 4.92. The summed E-state index contributed by atoms with van der Waals surface area (Å²) in [6.07, 6.45) is 2.30. The van der Waals surface area contributed by atoms with Crippen LogP contribution in [0, 0.1) is 0 Å². The highest BCUT2D eigenvalue weighted by atomic mass is 79.9. The average molecular weight is 503 g/mol. The minimum Gasteiger partial charge on any atom is -0.496 e. The van der Waals surface area contributed by atoms with Crippen LogP contribution < -0.4 is 15.4 Å². The van der Waals surface area contributed by atoms with Crippen molar-refractivity contribution in [1.82, 2.24) is 0 Å². The lowest BCUT2D eigenvalue weighted by Crippen LogP contribution is -2.27. The van der Waals surface area contributed by atoms with Gasteiger partial charge in [0.1, 0.15) is 5.75 Å². The molecule has 0 bridgehead atoms. The predicted octanol–water partition coefficient (Wildman–Crippen LogP) is 7.00. The van der Waals surface area contributed by atoms with E-state index in [0.717, 1.165) is 51.3 Å². The summed E-state index contributed by atoms with van der Waals surface area (Å²) in [7, 11) is 1.67. The third-order valence-electron chi connectivity index (χ3n) is 6.67. The predicted molar refractivity (Wildman–Crippen MR) is 137 cm³/mol. The first-order chi connectivity index (χ1) is 16.1. The van der Waals surface area contributed by atoms with Gasteiger partial charge < -0.3 is 15.4 Å². The quantitative estimate of drug-likeness (QED) is 0.403. The second-order valence-electron chi connectivity index (χ2n) is 8.65. The molecule has 2 unspecified atom stereocenters. The summed E-state index contributed by atoms with van der Waals surface area (Å²) < 4.78 is 6.64. The smallest absolute Gasteiger partial charge is 0.163 e. The van der Waals surface area contributed by atoms with Crippen LogP contribution in [-0.4, -0.2) is 12.9 Å². The number of carbonyl (C=O) groups excluding carboxylic acids is 1. The largest absolute Gasteiger partial charge is 0.496 e. The van der Waals surface area contributed by atoms with Crippen LogP contribution >= 0.6 is 15.9 Å². The molecule has 0 saturated heterocycles. The lowest BCUT2D eigenvalue weighted by Gasteiger charge is -2.30. The van der Waals surface area contributed by atoms with Crippen LogP contribution in [0.1, 0.15) is 48.4 Å². The SMILES string of the molecule is CCc1ccc(C2CC(=O)C3=C(C2)Nc2ccccc2NC3c2cc(Br)ccc2OC)cc1. The Morgan fingerprint density at radius 1 is 1.00 bits per heavy atom. The number of hydrogen-bond acceptors (Lipinski definition) is 4. The summed E-state index contributed by atoms with van der Waals surface area (Å²) in [6, 6.07) is 22.5. The highest BCUT2D eigenvalue weighted by Gasteiger charge is 2.37. The third kappa shape index (κ3) is 4.18. The number of ether oxygens (including phenoxy) is 1. The molecule has 2 atom stereocenters. The minimum atomic E-state index is -0.306. The minimum absolute atomic E-state index is 0.157. The molecule has 5 rings (SSSR count). The third-order valence-corrected chi connectivity index (χ3v) is 7.16. The van der Waals surface area contributed by atoms with Crippen molar-refractivity contribution in [3.8, 4) is 5.75 Å². The number of hydrogen-bond donors (Lipinski definition) is 2. The van der Waals surface area contributed by atoms with Gasteiger partial charge in [-0.25, -0.2) is 0 Å². The molecule has 1 heterocycles. The van der Waals surface area contributed by atoms with Crippen molar-refractivity contribution in [2.24, 2.45) is 0 Å². The number of Topliss-reactive ketones (excluding diaryl/α,β-unsaturated/α-hetero) is 1. The number of methoxy groups -OCH3 is 1. The van der Waals surface area contributed by atoms with E-state index in [9.17, 15) is 4.79 Å². The van der Waals surface area contributed by atoms with Gasteiger partial charge >= 0.3 is 0 Å². The molecule has 0 amide bonds. The molecule has 2 aliphatic rings. The number of benzene rings is 3. The maximum absolute atomic E-state index is 13.7. The normalized spacial score (nSPS) is 19.7. The first kappa shape index (κ1) is 21.8. The number of para-hydroxylation sites is 2. The molecule has 0 fully saturated rings. The first-order valence-electron chi connectivity index (χ1n) is 11.4. The molecule has 2 N–H and O–H groups in total. The number of fused-ring (bicyclic) bond motifs is 1. The van der Waals surface area contributed by atoms with Gasteiger partial charge in [0.05, 0.1) is 24.5 Å². The van der Waals surface area contributed by atoms with Gasteiger partial charge in [-0.05, 0) is 60.2 Å². The van der Waals surface area contributed by atoms with Gasteiger partial charge in [0.25, 0.3) is 0 Å². The molecular formula is C28H27BrN2O2. The van der Waals surface area contributed by atoms with Crippen LogP contribution in [0.2, 0.25) is 0 Å². The molecule has 33 heavy (non-hydrogen) atoms. The number of anilines is 2. The highest BCUT2D eigenvalue weighted by molar-refractivity contribution is 9.10. The van der Waals surface area contributed by atoms with Crippen molar-refractivity contribution >= 4 is 33.1 Å². The van der Waals surface area contributed by atoms with E-state index in [4.69, 9.17) is 4.74 Å². The van der Waals surface area contributed by atoms with Gasteiger partial charge in [-0.2, -0.15) is 0 Å². The number of rotatable bonds is 4. The topological polar surface area (TPSA) is 50.4 Å². The van der Waals surface area contributed by atoms with Gasteiger partial charge in [-0.15, -0.1) is 0 Å². The molecule has 1 aliphatic heterocycles. The number of allylic oxidation sites excluding steroid dienone is 1. The van der Waals surface area contributed by atoms with Crippen LogP contribution in [0.15, 0.2) is 82.5 Å². The van der Waals surface area contributed by atoms with Crippen molar-refractivity contribution < 1.29 is 9.53 Å². The van der Waals surface area contributed by atoms with Gasteiger partial charge in [0.15, 0.2) is 5.78 Å². The van der Waals surface area contributed by atoms with Gasteiger partial charge in [-0.3, -0.25) is 4.79 Å². The molecule has 0 radical (unpaired) electrons. The van der Waals surface area contributed by atoms with Crippen molar-refractivity contribution in [1.29, 1.82) is 0 Å². The number of nitrogens with one attached hydrogen (secondary N) is 2. The Labute approximate surface area is 203 Å². The van der Waals surface area contributed by atoms with Crippen LogP contribution in [-0.2, 0) is 11.2 Å². The summed E-state index contributed by atoms with van der Waals surface area (Å²) in [5, 5.41) is 7.24. The van der Waals surface area contributed by atoms with E-state index in [1.165, 1.54) is 11.1 Å². The Morgan fingerprint density at radius 2 is 1.76 bits per heavy atom. The van der Waals surface area contributed by atoms with Gasteiger partial charge in [0.2, 0.25) is 0 Å².